The van der Waals surface area contributed by atoms with Crippen molar-refractivity contribution in [2.24, 2.45) is 0 Å². The van der Waals surface area contributed by atoms with Crippen LogP contribution in [0.25, 0.3) is 0 Å². The van der Waals surface area contributed by atoms with Crippen LogP contribution >= 0.6 is 0 Å². The van der Waals surface area contributed by atoms with Crippen molar-refractivity contribution in [1.29, 1.82) is 0 Å². The molecule has 0 atom stereocenters. The van der Waals surface area contributed by atoms with Crippen molar-refractivity contribution < 1.29 is 56.8 Å². The molecular formula is C31H64O12. The molecule has 0 amide bonds. The molecule has 0 spiro atoms. The van der Waals surface area contributed by atoms with E-state index in [0.29, 0.717) is 145 Å². The maximum absolute atomic E-state index is 5.58. The zero-order chi connectivity index (χ0) is 31.0. The summed E-state index contributed by atoms with van der Waals surface area (Å²) in [5, 5.41) is 0. The van der Waals surface area contributed by atoms with Gasteiger partial charge in [-0.25, -0.2) is 0 Å². The second kappa shape index (κ2) is 41.5. The predicted molar refractivity (Wildman–Crippen MR) is 164 cm³/mol. The summed E-state index contributed by atoms with van der Waals surface area (Å²) in [6.07, 6.45) is 7.69. The van der Waals surface area contributed by atoms with Gasteiger partial charge in [0.15, 0.2) is 0 Å². The minimum Gasteiger partial charge on any atom is -0.382 e. The van der Waals surface area contributed by atoms with Crippen LogP contribution in [-0.2, 0) is 56.8 Å². The summed E-state index contributed by atoms with van der Waals surface area (Å²) in [6.45, 7) is 15.2. The zero-order valence-electron chi connectivity index (χ0n) is 27.4. The van der Waals surface area contributed by atoms with Gasteiger partial charge < -0.3 is 56.8 Å². The van der Waals surface area contributed by atoms with Gasteiger partial charge in [-0.1, -0.05) is 39.0 Å². The minimum absolute atomic E-state index is 0.521. The number of unbranched alkanes of at least 4 members (excludes halogenated alkanes) is 5. The van der Waals surface area contributed by atoms with Crippen molar-refractivity contribution in [3.63, 3.8) is 0 Å². The van der Waals surface area contributed by atoms with Crippen LogP contribution in [0, 0.1) is 0 Å². The number of hydrogen-bond acceptors (Lipinski definition) is 12. The highest BCUT2D eigenvalue weighted by atomic mass is 16.6. The van der Waals surface area contributed by atoms with Gasteiger partial charge in [-0.2, -0.15) is 0 Å². The molecule has 0 bridgehead atoms. The summed E-state index contributed by atoms with van der Waals surface area (Å²) in [6, 6.07) is 0. The highest BCUT2D eigenvalue weighted by molar-refractivity contribution is 4.44. The molecule has 0 unspecified atom stereocenters. The summed E-state index contributed by atoms with van der Waals surface area (Å²) in [7, 11) is 1.65. The van der Waals surface area contributed by atoms with E-state index in [9.17, 15) is 0 Å². The third-order valence-electron chi connectivity index (χ3n) is 5.79. The Morgan fingerprint density at radius 3 is 0.698 bits per heavy atom. The fourth-order valence-corrected chi connectivity index (χ4v) is 3.43. The van der Waals surface area contributed by atoms with E-state index in [1.807, 2.05) is 0 Å². The first-order chi connectivity index (χ1) is 21.4. The fraction of sp³-hybridized carbons (Fsp3) is 1.00. The molecule has 0 aliphatic rings. The first kappa shape index (κ1) is 42.5. The van der Waals surface area contributed by atoms with Crippen LogP contribution in [-0.4, -0.2) is 159 Å². The molecule has 0 aromatic carbocycles. The molecule has 0 aromatic heterocycles. The van der Waals surface area contributed by atoms with Crippen LogP contribution in [0.3, 0.4) is 0 Å². The Hall–Kier alpha value is -0.480. The molecule has 12 nitrogen and oxygen atoms in total. The molecule has 0 rings (SSSR count). The van der Waals surface area contributed by atoms with Crippen molar-refractivity contribution in [2.45, 2.75) is 45.4 Å². The maximum Gasteiger partial charge on any atom is 0.0701 e. The van der Waals surface area contributed by atoms with E-state index in [0.717, 1.165) is 13.0 Å². The van der Waals surface area contributed by atoms with Gasteiger partial charge in [-0.05, 0) is 6.42 Å². The first-order valence-electron chi connectivity index (χ1n) is 16.3. The second-order valence-corrected chi connectivity index (χ2v) is 9.50. The largest absolute Gasteiger partial charge is 0.382 e. The lowest BCUT2D eigenvalue weighted by Gasteiger charge is -2.09. The molecular weight excluding hydrogens is 564 g/mol. The molecule has 0 aliphatic carbocycles. The van der Waals surface area contributed by atoms with E-state index in [4.69, 9.17) is 56.8 Å². The molecule has 0 N–H and O–H groups in total. The summed E-state index contributed by atoms with van der Waals surface area (Å²) in [4.78, 5) is 0. The third kappa shape index (κ3) is 41.5. The molecule has 0 heterocycles. The maximum atomic E-state index is 5.58. The number of rotatable bonds is 40. The number of hydrogen-bond donors (Lipinski definition) is 0. The van der Waals surface area contributed by atoms with Gasteiger partial charge in [0.2, 0.25) is 0 Å². The standard InChI is InChI=1S/C31H64O12/c1-3-4-5-6-7-8-9-33-12-13-35-16-17-37-20-21-39-24-25-41-28-29-43-31-30-42-27-26-40-23-22-38-19-18-36-15-14-34-11-10-32-2/h3-31H2,1-2H3. The number of methoxy groups -OCH3 is 1. The molecule has 0 saturated heterocycles. The lowest BCUT2D eigenvalue weighted by molar-refractivity contribution is -0.0280. The van der Waals surface area contributed by atoms with E-state index in [1.54, 1.807) is 7.11 Å². The SMILES string of the molecule is CCCCCCCCOCCOCCOCCOCCOCCOCCOCCOCCOCCOCCOCCOC. The minimum atomic E-state index is 0.521. The quantitative estimate of drug-likeness (QED) is 0.0930. The van der Waals surface area contributed by atoms with Crippen molar-refractivity contribution in [3.05, 3.63) is 0 Å². The molecule has 260 valence electrons. The monoisotopic (exact) mass is 628 g/mol. The van der Waals surface area contributed by atoms with E-state index in [2.05, 4.69) is 6.92 Å². The van der Waals surface area contributed by atoms with Crippen LogP contribution in [0.2, 0.25) is 0 Å². The van der Waals surface area contributed by atoms with Crippen molar-refractivity contribution in [2.75, 3.05) is 159 Å². The predicted octanol–water partition coefficient (Wildman–Crippen LogP) is 3.18. The molecule has 12 heteroatoms. The van der Waals surface area contributed by atoms with Crippen LogP contribution in [0.4, 0.5) is 0 Å². The van der Waals surface area contributed by atoms with E-state index in [1.165, 1.54) is 32.1 Å². The highest BCUT2D eigenvalue weighted by Crippen LogP contribution is 2.04. The van der Waals surface area contributed by atoms with Crippen LogP contribution in [0.1, 0.15) is 45.4 Å². The summed E-state index contributed by atoms with van der Waals surface area (Å²) in [5.41, 5.74) is 0. The topological polar surface area (TPSA) is 111 Å². The second-order valence-electron chi connectivity index (χ2n) is 9.50. The van der Waals surface area contributed by atoms with Gasteiger partial charge in [0.1, 0.15) is 0 Å². The summed E-state index contributed by atoms with van der Waals surface area (Å²) >= 11 is 0. The van der Waals surface area contributed by atoms with E-state index >= 15 is 0 Å². The lowest BCUT2D eigenvalue weighted by Crippen LogP contribution is -2.15. The van der Waals surface area contributed by atoms with Crippen molar-refractivity contribution in [1.82, 2.24) is 0 Å². The van der Waals surface area contributed by atoms with Crippen molar-refractivity contribution in [3.8, 4) is 0 Å². The van der Waals surface area contributed by atoms with Crippen LogP contribution < -0.4 is 0 Å². The fourth-order valence-electron chi connectivity index (χ4n) is 3.43. The van der Waals surface area contributed by atoms with Gasteiger partial charge in [-0.3, -0.25) is 0 Å². The Kier molecular flexibility index (Phi) is 41.1. The van der Waals surface area contributed by atoms with E-state index < -0.39 is 0 Å². The Bertz CT molecular complexity index is 436. The Labute approximate surface area is 261 Å². The van der Waals surface area contributed by atoms with Crippen LogP contribution in [0.15, 0.2) is 0 Å². The van der Waals surface area contributed by atoms with Gasteiger partial charge in [-0.15, -0.1) is 0 Å². The van der Waals surface area contributed by atoms with Crippen LogP contribution in [0.5, 0.6) is 0 Å². The third-order valence-corrected chi connectivity index (χ3v) is 5.79. The Morgan fingerprint density at radius 1 is 0.233 bits per heavy atom. The Balaban J connectivity index is 3.02. The first-order valence-corrected chi connectivity index (χ1v) is 16.3. The van der Waals surface area contributed by atoms with Gasteiger partial charge in [0.05, 0.1) is 145 Å². The molecule has 0 radical (unpaired) electrons. The Morgan fingerprint density at radius 2 is 0.442 bits per heavy atom. The van der Waals surface area contributed by atoms with E-state index in [-0.39, 0.29) is 0 Å². The molecule has 0 aliphatic heterocycles. The molecule has 0 fully saturated rings. The highest BCUT2D eigenvalue weighted by Gasteiger charge is 1.97. The zero-order valence-corrected chi connectivity index (χ0v) is 27.4. The molecule has 43 heavy (non-hydrogen) atoms. The van der Waals surface area contributed by atoms with Gasteiger partial charge in [0.25, 0.3) is 0 Å². The molecule has 0 saturated carbocycles. The lowest BCUT2D eigenvalue weighted by atomic mass is 10.1. The number of ether oxygens (including phenoxy) is 12. The summed E-state index contributed by atoms with van der Waals surface area (Å²) in [5.74, 6) is 0. The van der Waals surface area contributed by atoms with Gasteiger partial charge >= 0.3 is 0 Å². The normalized spacial score (nSPS) is 11.6. The van der Waals surface area contributed by atoms with Crippen molar-refractivity contribution >= 4 is 0 Å². The van der Waals surface area contributed by atoms with Gasteiger partial charge in [0, 0.05) is 13.7 Å². The molecule has 0 aromatic rings. The average Bonchev–Trinajstić information content (AvgIpc) is 3.02. The average molecular weight is 629 g/mol. The summed E-state index contributed by atoms with van der Waals surface area (Å²) < 4.78 is 65.0. The smallest absolute Gasteiger partial charge is 0.0701 e.